The van der Waals surface area contributed by atoms with E-state index in [-0.39, 0.29) is 23.0 Å². The van der Waals surface area contributed by atoms with Gasteiger partial charge in [0.25, 0.3) is 10.0 Å². The Hall–Kier alpha value is -3.76. The number of carbonyl (C=O) groups is 2. The molecule has 1 N–H and O–H groups in total. The summed E-state index contributed by atoms with van der Waals surface area (Å²) in [7, 11) is -1.17. The molecule has 0 radical (unpaired) electrons. The lowest BCUT2D eigenvalue weighted by molar-refractivity contribution is -0.139. The Morgan fingerprint density at radius 3 is 2.12 bits per heavy atom. The van der Waals surface area contributed by atoms with Gasteiger partial charge in [-0.05, 0) is 73.5 Å². The highest BCUT2D eigenvalue weighted by Crippen LogP contribution is 2.28. The molecule has 3 aromatic rings. The number of ether oxygens (including phenoxy) is 2. The quantitative estimate of drug-likeness (QED) is 0.264. The molecular weight excluding hydrogens is 566 g/mol. The Bertz CT molecular complexity index is 1410. The van der Waals surface area contributed by atoms with Crippen molar-refractivity contribution in [2.75, 3.05) is 31.6 Å². The zero-order chi connectivity index (χ0) is 30.0. The molecule has 1 atom stereocenters. The molecule has 41 heavy (non-hydrogen) atoms. The maximum Gasteiger partial charge on any atom is 0.264 e. The van der Waals surface area contributed by atoms with Crippen LogP contribution in [0.4, 0.5) is 5.69 Å². The molecule has 0 saturated heterocycles. The third-order valence-electron chi connectivity index (χ3n) is 6.53. The number of hydrogen-bond donors (Lipinski definition) is 1. The molecule has 0 aromatic heterocycles. The Labute approximate surface area is 247 Å². The number of sulfonamides is 1. The van der Waals surface area contributed by atoms with E-state index < -0.39 is 28.5 Å². The van der Waals surface area contributed by atoms with E-state index in [1.165, 1.54) is 42.3 Å². The molecule has 0 aliphatic carbocycles. The molecule has 0 spiro atoms. The van der Waals surface area contributed by atoms with Crippen LogP contribution in [-0.2, 0) is 26.2 Å². The first-order valence-electron chi connectivity index (χ1n) is 13.2. The fourth-order valence-corrected chi connectivity index (χ4v) is 5.67. The minimum Gasteiger partial charge on any atom is -0.497 e. The second kappa shape index (κ2) is 14.7. The number of rotatable bonds is 14. The van der Waals surface area contributed by atoms with Gasteiger partial charge >= 0.3 is 0 Å². The predicted octanol–water partition coefficient (Wildman–Crippen LogP) is 4.89. The number of nitrogens with one attached hydrogen (secondary N) is 1. The first-order chi connectivity index (χ1) is 19.6. The third kappa shape index (κ3) is 8.37. The fraction of sp³-hybridized carbons (Fsp3) is 0.333. The number of carbonyl (C=O) groups excluding carboxylic acids is 2. The molecule has 3 rings (SSSR count). The van der Waals surface area contributed by atoms with Crippen molar-refractivity contribution in [3.8, 4) is 11.5 Å². The van der Waals surface area contributed by atoms with E-state index in [1.807, 2.05) is 6.92 Å². The maximum atomic E-state index is 14.0. The monoisotopic (exact) mass is 601 g/mol. The molecule has 9 nitrogen and oxygen atoms in total. The average Bonchev–Trinajstić information content (AvgIpc) is 2.98. The Kier molecular flexibility index (Phi) is 11.4. The van der Waals surface area contributed by atoms with E-state index in [1.54, 1.807) is 56.5 Å². The lowest BCUT2D eigenvalue weighted by atomic mass is 10.1. The van der Waals surface area contributed by atoms with Gasteiger partial charge in [0.05, 0.1) is 24.8 Å². The summed E-state index contributed by atoms with van der Waals surface area (Å²) in [4.78, 5) is 28.4. The largest absolute Gasteiger partial charge is 0.497 e. The van der Waals surface area contributed by atoms with Crippen molar-refractivity contribution < 1.29 is 27.5 Å². The molecule has 0 bridgehead atoms. The molecular formula is C30H36ClN3O6S. The minimum absolute atomic E-state index is 0.0295. The van der Waals surface area contributed by atoms with Crippen molar-refractivity contribution in [1.82, 2.24) is 10.2 Å². The number of unbranched alkanes of at least 4 members (excludes halogenated alkanes) is 1. The van der Waals surface area contributed by atoms with Crippen molar-refractivity contribution in [2.24, 2.45) is 0 Å². The molecule has 3 aromatic carbocycles. The fourth-order valence-electron chi connectivity index (χ4n) is 4.08. The van der Waals surface area contributed by atoms with Gasteiger partial charge in [0.1, 0.15) is 24.1 Å². The van der Waals surface area contributed by atoms with Crippen LogP contribution in [0, 0.1) is 0 Å². The summed E-state index contributed by atoms with van der Waals surface area (Å²) in [6.45, 7) is 3.65. The van der Waals surface area contributed by atoms with Crippen molar-refractivity contribution in [3.63, 3.8) is 0 Å². The molecule has 0 fully saturated rings. The van der Waals surface area contributed by atoms with Crippen LogP contribution >= 0.6 is 11.6 Å². The van der Waals surface area contributed by atoms with Crippen LogP contribution in [0.25, 0.3) is 0 Å². The molecule has 11 heteroatoms. The Balaban J connectivity index is 2.00. The Morgan fingerprint density at radius 2 is 1.56 bits per heavy atom. The lowest BCUT2D eigenvalue weighted by Crippen LogP contribution is -2.51. The van der Waals surface area contributed by atoms with Crippen LogP contribution in [0.3, 0.4) is 0 Å². The summed E-state index contributed by atoms with van der Waals surface area (Å²) < 4.78 is 39.2. The van der Waals surface area contributed by atoms with Crippen LogP contribution in [-0.4, -0.2) is 58.5 Å². The normalized spacial score (nSPS) is 11.8. The second-order valence-corrected chi connectivity index (χ2v) is 11.7. The van der Waals surface area contributed by atoms with Gasteiger partial charge in [-0.3, -0.25) is 13.9 Å². The molecule has 0 aliphatic rings. The highest BCUT2D eigenvalue weighted by Gasteiger charge is 2.32. The average molecular weight is 602 g/mol. The van der Waals surface area contributed by atoms with Crippen LogP contribution in [0.15, 0.2) is 77.7 Å². The summed E-state index contributed by atoms with van der Waals surface area (Å²) in [6, 6.07) is 18.4. The van der Waals surface area contributed by atoms with E-state index in [0.29, 0.717) is 23.1 Å². The van der Waals surface area contributed by atoms with E-state index >= 15 is 0 Å². The standard InChI is InChI=1S/C30H36ClN3O6S/c1-5-6-18-32-30(36)22(2)33(20-23-10-12-26(39-3)13-11-23)29(35)21-34(25-9-7-8-24(31)19-25)41(37,38)28-16-14-27(40-4)15-17-28/h7-17,19,22H,5-6,18,20-21H2,1-4H3,(H,32,36). The molecule has 0 aliphatic heterocycles. The second-order valence-electron chi connectivity index (χ2n) is 9.36. The Morgan fingerprint density at radius 1 is 0.951 bits per heavy atom. The first kappa shape index (κ1) is 31.8. The summed E-state index contributed by atoms with van der Waals surface area (Å²) in [5, 5.41) is 3.18. The zero-order valence-electron chi connectivity index (χ0n) is 23.7. The summed E-state index contributed by atoms with van der Waals surface area (Å²) in [6.07, 6.45) is 1.70. The smallest absolute Gasteiger partial charge is 0.264 e. The van der Waals surface area contributed by atoms with Crippen molar-refractivity contribution in [1.29, 1.82) is 0 Å². The number of anilines is 1. The van der Waals surface area contributed by atoms with Gasteiger partial charge in [0, 0.05) is 18.1 Å². The summed E-state index contributed by atoms with van der Waals surface area (Å²) in [5.41, 5.74) is 0.964. The van der Waals surface area contributed by atoms with Gasteiger partial charge in [-0.15, -0.1) is 0 Å². The summed E-state index contributed by atoms with van der Waals surface area (Å²) in [5.74, 6) is 0.251. The van der Waals surface area contributed by atoms with Crippen LogP contribution in [0.2, 0.25) is 5.02 Å². The number of amides is 2. The lowest BCUT2D eigenvalue weighted by Gasteiger charge is -2.32. The van der Waals surface area contributed by atoms with Crippen LogP contribution in [0.1, 0.15) is 32.3 Å². The van der Waals surface area contributed by atoms with E-state index in [2.05, 4.69) is 5.32 Å². The van der Waals surface area contributed by atoms with Gasteiger partial charge < -0.3 is 19.7 Å². The molecule has 220 valence electrons. The van der Waals surface area contributed by atoms with Gasteiger partial charge in [0.15, 0.2) is 0 Å². The summed E-state index contributed by atoms with van der Waals surface area (Å²) >= 11 is 6.21. The number of benzene rings is 3. The van der Waals surface area contributed by atoms with Gasteiger partial charge in [-0.1, -0.05) is 43.1 Å². The molecule has 1 unspecified atom stereocenters. The molecule has 0 heterocycles. The van der Waals surface area contributed by atoms with Crippen LogP contribution < -0.4 is 19.1 Å². The maximum absolute atomic E-state index is 14.0. The first-order valence-corrected chi connectivity index (χ1v) is 15.0. The minimum atomic E-state index is -4.22. The van der Waals surface area contributed by atoms with Crippen LogP contribution in [0.5, 0.6) is 11.5 Å². The SMILES string of the molecule is CCCCNC(=O)C(C)N(Cc1ccc(OC)cc1)C(=O)CN(c1cccc(Cl)c1)S(=O)(=O)c1ccc(OC)cc1. The van der Waals surface area contributed by atoms with Crippen molar-refractivity contribution in [3.05, 3.63) is 83.4 Å². The third-order valence-corrected chi connectivity index (χ3v) is 8.55. The van der Waals surface area contributed by atoms with E-state index in [0.717, 1.165) is 22.7 Å². The molecule has 2 amide bonds. The van der Waals surface area contributed by atoms with Crippen molar-refractivity contribution >= 4 is 39.1 Å². The highest BCUT2D eigenvalue weighted by atomic mass is 35.5. The van der Waals surface area contributed by atoms with Gasteiger partial charge in [0.2, 0.25) is 11.8 Å². The predicted molar refractivity (Wildman–Crippen MR) is 160 cm³/mol. The topological polar surface area (TPSA) is 105 Å². The van der Waals surface area contributed by atoms with E-state index in [9.17, 15) is 18.0 Å². The zero-order valence-corrected chi connectivity index (χ0v) is 25.2. The number of nitrogens with zero attached hydrogens (tertiary/aromatic N) is 2. The number of hydrogen-bond acceptors (Lipinski definition) is 6. The van der Waals surface area contributed by atoms with E-state index in [4.69, 9.17) is 21.1 Å². The highest BCUT2D eigenvalue weighted by molar-refractivity contribution is 7.92. The number of halogens is 1. The van der Waals surface area contributed by atoms with Gasteiger partial charge in [-0.2, -0.15) is 0 Å². The number of methoxy groups -OCH3 is 2. The van der Waals surface area contributed by atoms with Crippen molar-refractivity contribution in [2.45, 2.75) is 44.2 Å². The molecule has 0 saturated carbocycles. The van der Waals surface area contributed by atoms with Gasteiger partial charge in [-0.25, -0.2) is 8.42 Å².